The van der Waals surface area contributed by atoms with Crippen molar-refractivity contribution in [2.24, 2.45) is 5.73 Å². The Morgan fingerprint density at radius 3 is 2.36 bits per heavy atom. The number of aromatic hydroxyl groups is 1. The number of ether oxygens (including phenoxy) is 1. The van der Waals surface area contributed by atoms with Crippen molar-refractivity contribution in [2.75, 3.05) is 31.2 Å². The lowest BCUT2D eigenvalue weighted by Crippen LogP contribution is -2.43. The minimum atomic E-state index is -0.229. The van der Waals surface area contributed by atoms with Crippen molar-refractivity contribution in [1.29, 1.82) is 0 Å². The molecule has 1 aliphatic carbocycles. The summed E-state index contributed by atoms with van der Waals surface area (Å²) in [4.78, 5) is 12.4. The Balaban J connectivity index is 1.36. The number of morpholine rings is 1. The summed E-state index contributed by atoms with van der Waals surface area (Å²) >= 11 is 0. The number of rotatable bonds is 5. The van der Waals surface area contributed by atoms with Gasteiger partial charge in [-0.2, -0.15) is 0 Å². The summed E-state index contributed by atoms with van der Waals surface area (Å²) in [6, 6.07) is 28.2. The van der Waals surface area contributed by atoms with Gasteiger partial charge in [0.2, 0.25) is 0 Å². The van der Waals surface area contributed by atoms with Crippen LogP contribution < -0.4 is 10.6 Å². The number of phenols is 1. The van der Waals surface area contributed by atoms with Crippen molar-refractivity contribution in [1.82, 2.24) is 14.5 Å². The summed E-state index contributed by atoms with van der Waals surface area (Å²) in [7, 11) is 0. The van der Waals surface area contributed by atoms with E-state index in [9.17, 15) is 5.11 Å². The maximum atomic E-state index is 10.7. The van der Waals surface area contributed by atoms with Crippen LogP contribution >= 0.6 is 0 Å². The average Bonchev–Trinajstić information content (AvgIpc) is 3.35. The first kappa shape index (κ1) is 23.9. The zero-order valence-electron chi connectivity index (χ0n) is 21.8. The number of anilines is 1. The van der Waals surface area contributed by atoms with Crippen LogP contribution in [0.1, 0.15) is 24.8 Å². The number of phenolic OH excluding ortho intramolecular Hbond substituents is 1. The molecule has 0 radical (unpaired) electrons. The molecule has 39 heavy (non-hydrogen) atoms. The summed E-state index contributed by atoms with van der Waals surface area (Å²) in [6.07, 6.45) is 3.19. The molecular weight excluding hydrogens is 486 g/mol. The zero-order chi connectivity index (χ0) is 26.4. The van der Waals surface area contributed by atoms with Gasteiger partial charge in [-0.15, -0.1) is 0 Å². The molecular formula is C32H31N5O2. The smallest absolute Gasteiger partial charge is 0.165 e. The fraction of sp³-hybridized carbons (Fsp3) is 0.250. The van der Waals surface area contributed by atoms with Gasteiger partial charge in [-0.05, 0) is 73.4 Å². The molecule has 7 heteroatoms. The van der Waals surface area contributed by atoms with Crippen LogP contribution in [-0.2, 0) is 10.3 Å². The number of hydrogen-bond acceptors (Lipinski definition) is 6. The number of nitrogens with two attached hydrogens (primary N) is 1. The van der Waals surface area contributed by atoms with Crippen molar-refractivity contribution in [3.05, 3.63) is 90.5 Å². The second-order valence-corrected chi connectivity index (χ2v) is 10.5. The van der Waals surface area contributed by atoms with Gasteiger partial charge in [-0.1, -0.05) is 36.4 Å². The first-order valence-corrected chi connectivity index (χ1v) is 13.6. The van der Waals surface area contributed by atoms with E-state index in [0.717, 1.165) is 72.8 Å². The van der Waals surface area contributed by atoms with Crippen LogP contribution in [0, 0.1) is 0 Å². The topological polar surface area (TPSA) is 89.4 Å². The Kier molecular flexibility index (Phi) is 5.83. The van der Waals surface area contributed by atoms with Crippen molar-refractivity contribution < 1.29 is 9.84 Å². The predicted molar refractivity (Wildman–Crippen MR) is 154 cm³/mol. The lowest BCUT2D eigenvalue weighted by molar-refractivity contribution is 0.122. The second kappa shape index (κ2) is 9.52. The van der Waals surface area contributed by atoms with Gasteiger partial charge >= 0.3 is 0 Å². The molecule has 196 valence electrons. The van der Waals surface area contributed by atoms with Crippen LogP contribution in [0.25, 0.3) is 39.5 Å². The van der Waals surface area contributed by atoms with Gasteiger partial charge in [0, 0.05) is 35.6 Å². The van der Waals surface area contributed by atoms with Crippen LogP contribution in [0.4, 0.5) is 5.69 Å². The first-order valence-electron chi connectivity index (χ1n) is 13.6. The number of pyridine rings is 1. The third-order valence-electron chi connectivity index (χ3n) is 8.11. The van der Waals surface area contributed by atoms with Crippen LogP contribution in [0.5, 0.6) is 5.75 Å². The van der Waals surface area contributed by atoms with E-state index in [-0.39, 0.29) is 11.3 Å². The fourth-order valence-corrected chi connectivity index (χ4v) is 5.68. The number of benzene rings is 3. The molecule has 2 fully saturated rings. The van der Waals surface area contributed by atoms with E-state index in [0.29, 0.717) is 11.4 Å². The molecule has 1 saturated carbocycles. The van der Waals surface area contributed by atoms with Gasteiger partial charge in [0.1, 0.15) is 11.3 Å². The standard InChI is InChI=1S/C32H31N5O2/c33-32(15-4-16-32)23-9-11-24(12-10-23)37-30(26-7-1-2-8-29(26)38)35-28-14-13-27(34-31(28)37)22-5-3-6-25(21-22)36-17-19-39-20-18-36/h1-3,5-14,21,38H,4,15-20,33H2. The first-order chi connectivity index (χ1) is 19.1. The Labute approximate surface area is 227 Å². The number of imidazole rings is 1. The fourth-order valence-electron chi connectivity index (χ4n) is 5.68. The monoisotopic (exact) mass is 517 g/mol. The summed E-state index contributed by atoms with van der Waals surface area (Å²) in [5.74, 6) is 0.827. The van der Waals surface area contributed by atoms with Crippen molar-refractivity contribution >= 4 is 16.9 Å². The summed E-state index contributed by atoms with van der Waals surface area (Å²) < 4.78 is 7.57. The highest BCUT2D eigenvalue weighted by molar-refractivity contribution is 5.84. The van der Waals surface area contributed by atoms with Crippen molar-refractivity contribution in [2.45, 2.75) is 24.8 Å². The van der Waals surface area contributed by atoms with Gasteiger partial charge in [-0.25, -0.2) is 9.97 Å². The summed E-state index contributed by atoms with van der Waals surface area (Å²) in [5.41, 5.74) is 13.7. The molecule has 2 aromatic heterocycles. The molecule has 0 bridgehead atoms. The molecule has 0 spiro atoms. The van der Waals surface area contributed by atoms with Crippen molar-refractivity contribution in [3.8, 4) is 34.1 Å². The van der Waals surface area contributed by atoms with Crippen LogP contribution in [0.2, 0.25) is 0 Å². The van der Waals surface area contributed by atoms with E-state index in [4.69, 9.17) is 20.4 Å². The molecule has 0 amide bonds. The van der Waals surface area contributed by atoms with E-state index in [1.54, 1.807) is 6.07 Å². The number of aromatic nitrogens is 3. The normalized spacial score (nSPS) is 16.8. The SMILES string of the molecule is NC1(c2ccc(-n3c(-c4ccccc4O)nc4ccc(-c5cccc(N6CCOCC6)c5)nc43)cc2)CCC1. The molecule has 0 atom stereocenters. The maximum Gasteiger partial charge on any atom is 0.165 e. The minimum absolute atomic E-state index is 0.180. The second-order valence-electron chi connectivity index (χ2n) is 10.5. The van der Waals surface area contributed by atoms with E-state index in [1.807, 2.05) is 34.9 Å². The average molecular weight is 518 g/mol. The lowest BCUT2D eigenvalue weighted by Gasteiger charge is -2.38. The zero-order valence-corrected chi connectivity index (χ0v) is 21.8. The summed E-state index contributed by atoms with van der Waals surface area (Å²) in [5, 5.41) is 10.7. The van der Waals surface area contributed by atoms with E-state index in [2.05, 4.69) is 53.4 Å². The molecule has 2 aliphatic rings. The van der Waals surface area contributed by atoms with Gasteiger partial charge < -0.3 is 20.5 Å². The van der Waals surface area contributed by atoms with Gasteiger partial charge in [0.25, 0.3) is 0 Å². The highest BCUT2D eigenvalue weighted by atomic mass is 16.5. The Morgan fingerprint density at radius 1 is 0.821 bits per heavy atom. The Bertz CT molecular complexity index is 1650. The number of fused-ring (bicyclic) bond motifs is 1. The van der Waals surface area contributed by atoms with Crippen LogP contribution in [0.3, 0.4) is 0 Å². The molecule has 0 unspecified atom stereocenters. The molecule has 3 aromatic carbocycles. The number of para-hydroxylation sites is 1. The molecule has 5 aromatic rings. The minimum Gasteiger partial charge on any atom is -0.507 e. The van der Waals surface area contributed by atoms with Crippen molar-refractivity contribution in [3.63, 3.8) is 0 Å². The van der Waals surface area contributed by atoms with Crippen LogP contribution in [0.15, 0.2) is 84.9 Å². The van der Waals surface area contributed by atoms with Gasteiger partial charge in [-0.3, -0.25) is 4.57 Å². The third kappa shape index (κ3) is 4.24. The molecule has 7 nitrogen and oxygen atoms in total. The predicted octanol–water partition coefficient (Wildman–Crippen LogP) is 5.63. The van der Waals surface area contributed by atoms with Crippen LogP contribution in [-0.4, -0.2) is 45.9 Å². The quantitative estimate of drug-likeness (QED) is 0.314. The van der Waals surface area contributed by atoms with E-state index < -0.39 is 0 Å². The highest BCUT2D eigenvalue weighted by Gasteiger charge is 2.34. The third-order valence-corrected chi connectivity index (χ3v) is 8.11. The molecule has 7 rings (SSSR count). The number of nitrogens with zero attached hydrogens (tertiary/aromatic N) is 4. The van der Waals surface area contributed by atoms with Gasteiger partial charge in [0.05, 0.1) is 24.5 Å². The van der Waals surface area contributed by atoms with E-state index in [1.165, 1.54) is 12.1 Å². The number of hydrogen-bond donors (Lipinski definition) is 2. The lowest BCUT2D eigenvalue weighted by atomic mass is 9.73. The Hall–Kier alpha value is -4.20. The molecule has 1 saturated heterocycles. The largest absolute Gasteiger partial charge is 0.507 e. The van der Waals surface area contributed by atoms with E-state index >= 15 is 0 Å². The highest BCUT2D eigenvalue weighted by Crippen LogP contribution is 2.40. The Morgan fingerprint density at radius 2 is 1.62 bits per heavy atom. The summed E-state index contributed by atoms with van der Waals surface area (Å²) in [6.45, 7) is 3.25. The molecule has 3 heterocycles. The maximum absolute atomic E-state index is 10.7. The van der Waals surface area contributed by atoms with Gasteiger partial charge in [0.15, 0.2) is 11.5 Å². The molecule has 1 aliphatic heterocycles. The molecule has 3 N–H and O–H groups in total.